The van der Waals surface area contributed by atoms with Crippen molar-refractivity contribution in [2.75, 3.05) is 0 Å². The molecular weight excluding hydrogens is 368 g/mol. The van der Waals surface area contributed by atoms with E-state index in [1.807, 2.05) is 60.0 Å². The molecule has 0 unspecified atom stereocenters. The monoisotopic (exact) mass is 388 g/mol. The molecule has 29 heavy (non-hydrogen) atoms. The van der Waals surface area contributed by atoms with Crippen LogP contribution < -0.4 is 5.32 Å². The van der Waals surface area contributed by atoms with Gasteiger partial charge in [0.15, 0.2) is 17.3 Å². The average Bonchev–Trinajstić information content (AvgIpc) is 3.35. The lowest BCUT2D eigenvalue weighted by atomic mass is 10.0. The van der Waals surface area contributed by atoms with Crippen LogP contribution >= 0.6 is 0 Å². The molecule has 3 aromatic heterocycles. The maximum atomic E-state index is 12.5. The molecule has 3 heterocycles. The van der Waals surface area contributed by atoms with Gasteiger partial charge in [-0.2, -0.15) is 4.98 Å². The lowest BCUT2D eigenvalue weighted by Crippen LogP contribution is -2.28. The van der Waals surface area contributed by atoms with Crippen LogP contribution in [0.25, 0.3) is 17.1 Å². The van der Waals surface area contributed by atoms with Crippen molar-refractivity contribution in [3.63, 3.8) is 0 Å². The zero-order chi connectivity index (χ0) is 19.8. The Kier molecular flexibility index (Phi) is 4.31. The number of hydrogen-bond acceptors (Lipinski definition) is 6. The topological polar surface area (TPSA) is 98.2 Å². The lowest BCUT2D eigenvalue weighted by Gasteiger charge is -2.12. The summed E-state index contributed by atoms with van der Waals surface area (Å²) in [5.41, 5.74) is 2.33. The molecule has 1 atom stereocenters. The fourth-order valence-corrected chi connectivity index (χ4v) is 3.32. The number of pyridine rings is 1. The van der Waals surface area contributed by atoms with E-state index in [2.05, 4.69) is 25.7 Å². The molecule has 1 aliphatic rings. The fraction of sp³-hybridized carbons (Fsp3) is 0.286. The van der Waals surface area contributed by atoms with Crippen LogP contribution in [-0.2, 0) is 11.3 Å². The number of nitrogens with one attached hydrogen (secondary N) is 1. The summed E-state index contributed by atoms with van der Waals surface area (Å²) in [4.78, 5) is 17.0. The minimum absolute atomic E-state index is 0.0601. The van der Waals surface area contributed by atoms with Crippen molar-refractivity contribution in [1.82, 2.24) is 30.1 Å². The molecule has 146 valence electrons. The third kappa shape index (κ3) is 3.37. The molecule has 1 N–H and O–H groups in total. The third-order valence-corrected chi connectivity index (χ3v) is 5.23. The minimum atomic E-state index is -0.245. The van der Waals surface area contributed by atoms with Crippen molar-refractivity contribution in [2.24, 2.45) is 0 Å². The van der Waals surface area contributed by atoms with Crippen molar-refractivity contribution in [1.29, 1.82) is 0 Å². The maximum absolute atomic E-state index is 12.5. The summed E-state index contributed by atoms with van der Waals surface area (Å²) in [5.74, 6) is 1.95. The van der Waals surface area contributed by atoms with Crippen molar-refractivity contribution < 1.29 is 9.32 Å². The Morgan fingerprint density at radius 1 is 1.21 bits per heavy atom. The van der Waals surface area contributed by atoms with Crippen LogP contribution in [0.3, 0.4) is 0 Å². The standard InChI is InChI=1S/C21H20N6O2/c1-13(14-6-3-2-4-7-14)20(28)22-12-17-24-25-19-16(8-5-11-27(17)19)21-23-18(26-29-21)15-9-10-15/h2-8,11,13,15H,9-10,12H2,1H3,(H,22,28)/t13-/m0/s1. The largest absolute Gasteiger partial charge is 0.348 e. The molecule has 1 fully saturated rings. The Morgan fingerprint density at radius 3 is 2.83 bits per heavy atom. The number of rotatable bonds is 6. The van der Waals surface area contributed by atoms with Gasteiger partial charge < -0.3 is 9.84 Å². The predicted octanol–water partition coefficient (Wildman–Crippen LogP) is 3.08. The second-order valence-electron chi connectivity index (χ2n) is 7.31. The van der Waals surface area contributed by atoms with Gasteiger partial charge in [0.1, 0.15) is 0 Å². The van der Waals surface area contributed by atoms with Gasteiger partial charge in [-0.15, -0.1) is 10.2 Å². The first-order chi connectivity index (χ1) is 14.2. The van der Waals surface area contributed by atoms with Crippen molar-refractivity contribution >= 4 is 11.6 Å². The Balaban J connectivity index is 1.35. The third-order valence-electron chi connectivity index (χ3n) is 5.23. The minimum Gasteiger partial charge on any atom is -0.348 e. The number of aromatic nitrogens is 5. The summed E-state index contributed by atoms with van der Waals surface area (Å²) in [7, 11) is 0. The molecule has 4 aromatic rings. The zero-order valence-electron chi connectivity index (χ0n) is 15.9. The second kappa shape index (κ2) is 7.12. The Labute approximate surface area is 167 Å². The van der Waals surface area contributed by atoms with Gasteiger partial charge in [-0.05, 0) is 37.5 Å². The van der Waals surface area contributed by atoms with Crippen LogP contribution in [0.5, 0.6) is 0 Å². The van der Waals surface area contributed by atoms with Crippen molar-refractivity contribution in [3.05, 3.63) is 65.9 Å². The van der Waals surface area contributed by atoms with E-state index in [1.165, 1.54) is 0 Å². The van der Waals surface area contributed by atoms with E-state index in [1.54, 1.807) is 0 Å². The zero-order valence-corrected chi connectivity index (χ0v) is 15.9. The van der Waals surface area contributed by atoms with Gasteiger partial charge >= 0.3 is 0 Å². The van der Waals surface area contributed by atoms with E-state index >= 15 is 0 Å². The first kappa shape index (κ1) is 17.5. The SMILES string of the molecule is C[C@H](C(=O)NCc1nnc2c(-c3nc(C4CC4)no3)cccn12)c1ccccc1. The number of fused-ring (bicyclic) bond motifs is 1. The van der Waals surface area contributed by atoms with Gasteiger partial charge in [0, 0.05) is 12.1 Å². The highest BCUT2D eigenvalue weighted by Crippen LogP contribution is 2.39. The quantitative estimate of drug-likeness (QED) is 0.545. The number of benzene rings is 1. The average molecular weight is 388 g/mol. The Bertz CT molecular complexity index is 1160. The summed E-state index contributed by atoms with van der Waals surface area (Å²) in [6.45, 7) is 2.16. The molecule has 0 saturated heterocycles. The Hall–Kier alpha value is -3.55. The Morgan fingerprint density at radius 2 is 2.03 bits per heavy atom. The summed E-state index contributed by atoms with van der Waals surface area (Å²) in [6.07, 6.45) is 4.08. The maximum Gasteiger partial charge on any atom is 0.261 e. The van der Waals surface area contributed by atoms with E-state index in [0.29, 0.717) is 23.3 Å². The normalized spacial score (nSPS) is 14.8. The van der Waals surface area contributed by atoms with Crippen LogP contribution in [0, 0.1) is 0 Å². The van der Waals surface area contributed by atoms with Gasteiger partial charge in [0.05, 0.1) is 18.0 Å². The number of amides is 1. The second-order valence-corrected chi connectivity index (χ2v) is 7.31. The van der Waals surface area contributed by atoms with E-state index in [4.69, 9.17) is 4.52 Å². The number of carbonyl (C=O) groups excluding carboxylic acids is 1. The van der Waals surface area contributed by atoms with Gasteiger partial charge in [-0.25, -0.2) is 0 Å². The molecule has 1 saturated carbocycles. The first-order valence-electron chi connectivity index (χ1n) is 9.70. The lowest BCUT2D eigenvalue weighted by molar-refractivity contribution is -0.122. The highest BCUT2D eigenvalue weighted by atomic mass is 16.5. The molecule has 8 nitrogen and oxygen atoms in total. The van der Waals surface area contributed by atoms with E-state index in [0.717, 1.165) is 29.8 Å². The molecule has 8 heteroatoms. The predicted molar refractivity (Wildman–Crippen MR) is 105 cm³/mol. The van der Waals surface area contributed by atoms with Crippen LogP contribution in [0.4, 0.5) is 0 Å². The molecule has 0 aliphatic heterocycles. The van der Waals surface area contributed by atoms with Gasteiger partial charge in [0.2, 0.25) is 5.91 Å². The molecule has 0 bridgehead atoms. The summed E-state index contributed by atoms with van der Waals surface area (Å²) >= 11 is 0. The van der Waals surface area contributed by atoms with Crippen LogP contribution in [0.2, 0.25) is 0 Å². The summed E-state index contributed by atoms with van der Waals surface area (Å²) in [6, 6.07) is 13.5. The van der Waals surface area contributed by atoms with E-state index in [-0.39, 0.29) is 18.4 Å². The summed E-state index contributed by atoms with van der Waals surface area (Å²) in [5, 5.41) is 15.6. The molecule has 0 radical (unpaired) electrons. The van der Waals surface area contributed by atoms with Gasteiger partial charge in [-0.1, -0.05) is 35.5 Å². The van der Waals surface area contributed by atoms with Crippen LogP contribution in [-0.4, -0.2) is 30.6 Å². The molecule has 1 aromatic carbocycles. The highest BCUT2D eigenvalue weighted by molar-refractivity contribution is 5.83. The smallest absolute Gasteiger partial charge is 0.261 e. The van der Waals surface area contributed by atoms with E-state index < -0.39 is 0 Å². The van der Waals surface area contributed by atoms with Crippen LogP contribution in [0.1, 0.15) is 48.8 Å². The fourth-order valence-electron chi connectivity index (χ4n) is 3.32. The highest BCUT2D eigenvalue weighted by Gasteiger charge is 2.29. The summed E-state index contributed by atoms with van der Waals surface area (Å²) < 4.78 is 7.27. The van der Waals surface area contributed by atoms with Crippen molar-refractivity contribution in [2.45, 2.75) is 38.1 Å². The van der Waals surface area contributed by atoms with Gasteiger partial charge in [0.25, 0.3) is 5.89 Å². The van der Waals surface area contributed by atoms with Crippen molar-refractivity contribution in [3.8, 4) is 11.5 Å². The number of nitrogens with zero attached hydrogens (tertiary/aromatic N) is 5. The number of hydrogen-bond donors (Lipinski definition) is 1. The molecule has 0 spiro atoms. The molecular formula is C21H20N6O2. The molecule has 1 amide bonds. The van der Waals surface area contributed by atoms with Crippen LogP contribution in [0.15, 0.2) is 53.2 Å². The molecule has 5 rings (SSSR count). The number of carbonyl (C=O) groups is 1. The molecule has 1 aliphatic carbocycles. The van der Waals surface area contributed by atoms with Gasteiger partial charge in [-0.3, -0.25) is 9.20 Å². The van der Waals surface area contributed by atoms with E-state index in [9.17, 15) is 4.79 Å². The first-order valence-corrected chi connectivity index (χ1v) is 9.70.